The van der Waals surface area contributed by atoms with Crippen molar-refractivity contribution >= 4 is 5.71 Å². The summed E-state index contributed by atoms with van der Waals surface area (Å²) >= 11 is 0. The van der Waals surface area contributed by atoms with Gasteiger partial charge in [0.2, 0.25) is 5.88 Å². The van der Waals surface area contributed by atoms with Crippen molar-refractivity contribution in [3.05, 3.63) is 23.9 Å². The molecule has 1 aromatic rings. The summed E-state index contributed by atoms with van der Waals surface area (Å²) in [5.41, 5.74) is 1.32. The third-order valence-electron chi connectivity index (χ3n) is 1.60. The molecule has 0 amide bonds. The van der Waals surface area contributed by atoms with Gasteiger partial charge >= 0.3 is 0 Å². The summed E-state index contributed by atoms with van der Waals surface area (Å²) in [4.78, 5) is 4.02. The number of nitrogens with zero attached hydrogens (tertiary/aromatic N) is 2. The Kier molecular flexibility index (Phi) is 3.25. The molecule has 1 heterocycles. The highest BCUT2D eigenvalue weighted by atomic mass is 16.5. The SMILES string of the molecule is CCOc1ccc(C(C)=NO)cn1. The minimum atomic E-state index is 0.538. The van der Waals surface area contributed by atoms with Gasteiger partial charge in [0.05, 0.1) is 12.3 Å². The number of hydrogen-bond donors (Lipinski definition) is 1. The van der Waals surface area contributed by atoms with Gasteiger partial charge in [-0.3, -0.25) is 0 Å². The Morgan fingerprint density at radius 3 is 2.85 bits per heavy atom. The quantitative estimate of drug-likeness (QED) is 0.437. The van der Waals surface area contributed by atoms with Gasteiger partial charge in [-0.05, 0) is 19.9 Å². The molecule has 1 N–H and O–H groups in total. The van der Waals surface area contributed by atoms with Crippen LogP contribution in [0.1, 0.15) is 19.4 Å². The lowest BCUT2D eigenvalue weighted by Crippen LogP contribution is -1.98. The molecular weight excluding hydrogens is 168 g/mol. The second-order valence-corrected chi connectivity index (χ2v) is 2.50. The van der Waals surface area contributed by atoms with Crippen LogP contribution in [0.2, 0.25) is 0 Å². The molecule has 0 fully saturated rings. The maximum atomic E-state index is 8.49. The lowest BCUT2D eigenvalue weighted by atomic mass is 10.2. The molecule has 13 heavy (non-hydrogen) atoms. The Morgan fingerprint density at radius 1 is 1.62 bits per heavy atom. The molecule has 0 saturated carbocycles. The van der Waals surface area contributed by atoms with Crippen molar-refractivity contribution in [3.8, 4) is 5.88 Å². The fraction of sp³-hybridized carbons (Fsp3) is 0.333. The van der Waals surface area contributed by atoms with E-state index in [2.05, 4.69) is 10.1 Å². The topological polar surface area (TPSA) is 54.7 Å². The molecule has 0 aliphatic rings. The maximum absolute atomic E-state index is 8.49. The van der Waals surface area contributed by atoms with Crippen molar-refractivity contribution in [2.24, 2.45) is 5.16 Å². The van der Waals surface area contributed by atoms with Gasteiger partial charge in [-0.15, -0.1) is 0 Å². The van der Waals surface area contributed by atoms with Crippen molar-refractivity contribution in [1.29, 1.82) is 0 Å². The molecule has 1 rings (SSSR count). The van der Waals surface area contributed by atoms with E-state index in [1.54, 1.807) is 25.3 Å². The molecule has 1 aromatic heterocycles. The molecule has 0 saturated heterocycles. The van der Waals surface area contributed by atoms with Crippen LogP contribution in [0.15, 0.2) is 23.5 Å². The zero-order chi connectivity index (χ0) is 9.68. The minimum absolute atomic E-state index is 0.538. The first-order valence-electron chi connectivity index (χ1n) is 4.05. The zero-order valence-corrected chi connectivity index (χ0v) is 7.69. The summed E-state index contributed by atoms with van der Waals surface area (Å²) in [6.07, 6.45) is 1.61. The highest BCUT2D eigenvalue weighted by molar-refractivity contribution is 5.97. The average molecular weight is 180 g/mol. The zero-order valence-electron chi connectivity index (χ0n) is 7.69. The first-order chi connectivity index (χ1) is 6.27. The van der Waals surface area contributed by atoms with Crippen LogP contribution in [0, 0.1) is 0 Å². The number of rotatable bonds is 3. The number of ether oxygens (including phenoxy) is 1. The molecule has 4 heteroatoms. The molecule has 0 aliphatic heterocycles. The average Bonchev–Trinajstić information content (AvgIpc) is 2.18. The van der Waals surface area contributed by atoms with Gasteiger partial charge in [-0.2, -0.15) is 0 Å². The standard InChI is InChI=1S/C9H12N2O2/c1-3-13-9-5-4-8(6-10-9)7(2)11-12/h4-6,12H,3H2,1-2H3. The van der Waals surface area contributed by atoms with Gasteiger partial charge in [-0.25, -0.2) is 4.98 Å². The minimum Gasteiger partial charge on any atom is -0.478 e. The molecule has 0 bridgehead atoms. The molecule has 0 aromatic carbocycles. The Hall–Kier alpha value is -1.58. The van der Waals surface area contributed by atoms with Gasteiger partial charge < -0.3 is 9.94 Å². The van der Waals surface area contributed by atoms with Gasteiger partial charge in [0, 0.05) is 17.8 Å². The van der Waals surface area contributed by atoms with Crippen LogP contribution in [-0.4, -0.2) is 22.5 Å². The summed E-state index contributed by atoms with van der Waals surface area (Å²) in [5, 5.41) is 11.6. The summed E-state index contributed by atoms with van der Waals surface area (Å²) in [6.45, 7) is 4.20. The van der Waals surface area contributed by atoms with Crippen molar-refractivity contribution in [3.63, 3.8) is 0 Å². The second-order valence-electron chi connectivity index (χ2n) is 2.50. The molecule has 0 unspecified atom stereocenters. The molecule has 70 valence electrons. The first kappa shape index (κ1) is 9.51. The van der Waals surface area contributed by atoms with E-state index in [4.69, 9.17) is 9.94 Å². The highest BCUT2D eigenvalue weighted by Crippen LogP contribution is 2.07. The number of hydrogen-bond acceptors (Lipinski definition) is 4. The second kappa shape index (κ2) is 4.45. The number of aromatic nitrogens is 1. The summed E-state index contributed by atoms with van der Waals surface area (Å²) in [7, 11) is 0. The predicted octanol–water partition coefficient (Wildman–Crippen LogP) is 1.68. The van der Waals surface area contributed by atoms with Crippen LogP contribution in [0.5, 0.6) is 5.88 Å². The van der Waals surface area contributed by atoms with Gasteiger partial charge in [0.25, 0.3) is 0 Å². The maximum Gasteiger partial charge on any atom is 0.213 e. The molecule has 0 radical (unpaired) electrons. The van der Waals surface area contributed by atoms with E-state index in [0.717, 1.165) is 5.56 Å². The Balaban J connectivity index is 2.81. The molecular formula is C9H12N2O2. The fourth-order valence-electron chi connectivity index (χ4n) is 0.885. The van der Waals surface area contributed by atoms with Crippen LogP contribution >= 0.6 is 0 Å². The third kappa shape index (κ3) is 2.43. The third-order valence-corrected chi connectivity index (χ3v) is 1.60. The van der Waals surface area contributed by atoms with E-state index < -0.39 is 0 Å². The van der Waals surface area contributed by atoms with Crippen molar-refractivity contribution in [2.75, 3.05) is 6.61 Å². The van der Waals surface area contributed by atoms with Crippen LogP contribution in [0.25, 0.3) is 0 Å². The first-order valence-corrected chi connectivity index (χ1v) is 4.05. The Morgan fingerprint density at radius 2 is 2.38 bits per heavy atom. The summed E-state index contributed by atoms with van der Waals surface area (Å²) in [5.74, 6) is 0.581. The Labute approximate surface area is 76.9 Å². The normalized spacial score (nSPS) is 11.4. The summed E-state index contributed by atoms with van der Waals surface area (Å²) < 4.78 is 5.16. The number of oxime groups is 1. The largest absolute Gasteiger partial charge is 0.478 e. The van der Waals surface area contributed by atoms with Crippen LogP contribution in [0.4, 0.5) is 0 Å². The lowest BCUT2D eigenvalue weighted by Gasteiger charge is -2.02. The van der Waals surface area contributed by atoms with Crippen LogP contribution in [0.3, 0.4) is 0 Å². The van der Waals surface area contributed by atoms with E-state index >= 15 is 0 Å². The fourth-order valence-corrected chi connectivity index (χ4v) is 0.885. The molecule has 0 atom stereocenters. The van der Waals surface area contributed by atoms with E-state index in [1.807, 2.05) is 6.92 Å². The van der Waals surface area contributed by atoms with Crippen molar-refractivity contribution < 1.29 is 9.94 Å². The van der Waals surface area contributed by atoms with Gasteiger partial charge in [0.15, 0.2) is 0 Å². The molecule has 4 nitrogen and oxygen atoms in total. The lowest BCUT2D eigenvalue weighted by molar-refractivity contribution is 0.318. The van der Waals surface area contributed by atoms with Gasteiger partial charge in [-0.1, -0.05) is 5.16 Å². The molecule has 0 spiro atoms. The Bertz CT molecular complexity index is 293. The van der Waals surface area contributed by atoms with Crippen molar-refractivity contribution in [1.82, 2.24) is 4.98 Å². The monoisotopic (exact) mass is 180 g/mol. The van der Waals surface area contributed by atoms with E-state index in [0.29, 0.717) is 18.2 Å². The predicted molar refractivity (Wildman–Crippen MR) is 49.4 cm³/mol. The van der Waals surface area contributed by atoms with E-state index in [9.17, 15) is 0 Å². The van der Waals surface area contributed by atoms with Gasteiger partial charge in [0.1, 0.15) is 0 Å². The van der Waals surface area contributed by atoms with E-state index in [1.165, 1.54) is 0 Å². The van der Waals surface area contributed by atoms with Crippen molar-refractivity contribution in [2.45, 2.75) is 13.8 Å². The van der Waals surface area contributed by atoms with E-state index in [-0.39, 0.29) is 0 Å². The highest BCUT2D eigenvalue weighted by Gasteiger charge is 1.98. The molecule has 0 aliphatic carbocycles. The van der Waals surface area contributed by atoms with Crippen LogP contribution in [-0.2, 0) is 0 Å². The number of pyridine rings is 1. The summed E-state index contributed by atoms with van der Waals surface area (Å²) in [6, 6.07) is 3.54. The smallest absolute Gasteiger partial charge is 0.213 e. The van der Waals surface area contributed by atoms with Crippen LogP contribution < -0.4 is 4.74 Å².